The molecule has 1 aliphatic rings. The lowest BCUT2D eigenvalue weighted by Crippen LogP contribution is -2.43. The number of likely N-dealkylation sites (tertiary alicyclic amines) is 1. The van der Waals surface area contributed by atoms with Crippen molar-refractivity contribution in [1.29, 1.82) is 0 Å². The van der Waals surface area contributed by atoms with Crippen molar-refractivity contribution in [2.75, 3.05) is 11.9 Å². The van der Waals surface area contributed by atoms with Gasteiger partial charge in [0.25, 0.3) is 5.91 Å². The van der Waals surface area contributed by atoms with E-state index >= 15 is 0 Å². The van der Waals surface area contributed by atoms with E-state index in [1.54, 1.807) is 6.07 Å². The van der Waals surface area contributed by atoms with Gasteiger partial charge in [-0.3, -0.25) is 4.79 Å². The Bertz CT molecular complexity index is 717. The first-order chi connectivity index (χ1) is 12.2. The summed E-state index contributed by atoms with van der Waals surface area (Å²) in [6.07, 6.45) is 4.36. The molecule has 2 heterocycles. The molecule has 1 N–H and O–H groups in total. The quantitative estimate of drug-likeness (QED) is 0.901. The lowest BCUT2D eigenvalue weighted by molar-refractivity contribution is 0.0602. The molecule has 0 bridgehead atoms. The normalized spacial score (nSPS) is 17.4. The molecular formula is C20H26N4O. The second-order valence-corrected chi connectivity index (χ2v) is 6.61. The summed E-state index contributed by atoms with van der Waals surface area (Å²) in [4.78, 5) is 23.8. The third kappa shape index (κ3) is 4.35. The Labute approximate surface area is 149 Å². The van der Waals surface area contributed by atoms with E-state index in [1.165, 1.54) is 6.42 Å². The summed E-state index contributed by atoms with van der Waals surface area (Å²) in [6, 6.07) is 12.2. The minimum atomic E-state index is 0.0276. The highest BCUT2D eigenvalue weighted by Crippen LogP contribution is 2.22. The van der Waals surface area contributed by atoms with Crippen molar-refractivity contribution in [3.05, 3.63) is 53.3 Å². The third-order valence-corrected chi connectivity index (χ3v) is 4.73. The number of carbonyl (C=O) groups is 1. The van der Waals surface area contributed by atoms with Gasteiger partial charge >= 0.3 is 0 Å². The Kier molecular flexibility index (Phi) is 5.64. The molecule has 0 radical (unpaired) electrons. The van der Waals surface area contributed by atoms with E-state index in [0.29, 0.717) is 24.2 Å². The number of aryl methyl sites for hydroxylation is 1. The van der Waals surface area contributed by atoms with E-state index in [2.05, 4.69) is 34.3 Å². The molecule has 25 heavy (non-hydrogen) atoms. The molecule has 0 aliphatic carbocycles. The fourth-order valence-corrected chi connectivity index (χ4v) is 3.37. The lowest BCUT2D eigenvalue weighted by Gasteiger charge is -2.35. The van der Waals surface area contributed by atoms with Crippen molar-refractivity contribution in [2.45, 2.75) is 52.1 Å². The topological polar surface area (TPSA) is 58.1 Å². The van der Waals surface area contributed by atoms with Gasteiger partial charge in [0.2, 0.25) is 5.95 Å². The van der Waals surface area contributed by atoms with E-state index in [4.69, 9.17) is 0 Å². The van der Waals surface area contributed by atoms with Gasteiger partial charge < -0.3 is 10.2 Å². The molecule has 1 unspecified atom stereocenters. The van der Waals surface area contributed by atoms with Gasteiger partial charge in [0.1, 0.15) is 5.69 Å². The molecule has 0 saturated carbocycles. The predicted molar refractivity (Wildman–Crippen MR) is 99.5 cm³/mol. The summed E-state index contributed by atoms with van der Waals surface area (Å²) in [5, 5.41) is 3.23. The number of piperidine rings is 1. The highest BCUT2D eigenvalue weighted by atomic mass is 16.2. The van der Waals surface area contributed by atoms with E-state index < -0.39 is 0 Å². The largest absolute Gasteiger partial charge is 0.350 e. The molecule has 5 nitrogen and oxygen atoms in total. The fraction of sp³-hybridized carbons (Fsp3) is 0.450. The summed E-state index contributed by atoms with van der Waals surface area (Å²) in [5.74, 6) is 0.539. The molecule has 2 aromatic rings. The van der Waals surface area contributed by atoms with Crippen LogP contribution >= 0.6 is 0 Å². The number of nitrogens with one attached hydrogen (secondary N) is 1. The minimum Gasteiger partial charge on any atom is -0.350 e. The van der Waals surface area contributed by atoms with Crippen LogP contribution in [-0.4, -0.2) is 33.4 Å². The maximum absolute atomic E-state index is 13.0. The van der Waals surface area contributed by atoms with Crippen molar-refractivity contribution < 1.29 is 4.79 Å². The molecule has 0 spiro atoms. The second kappa shape index (κ2) is 8.10. The van der Waals surface area contributed by atoms with E-state index in [0.717, 1.165) is 37.1 Å². The summed E-state index contributed by atoms with van der Waals surface area (Å²) in [5.41, 5.74) is 2.45. The van der Waals surface area contributed by atoms with Crippen LogP contribution in [0.3, 0.4) is 0 Å². The summed E-state index contributed by atoms with van der Waals surface area (Å²) in [7, 11) is 0. The Morgan fingerprint density at radius 3 is 2.80 bits per heavy atom. The van der Waals surface area contributed by atoms with Crippen LogP contribution < -0.4 is 5.32 Å². The van der Waals surface area contributed by atoms with Gasteiger partial charge in [-0.15, -0.1) is 0 Å². The number of aromatic nitrogens is 2. The Morgan fingerprint density at radius 2 is 2.04 bits per heavy atom. The maximum atomic E-state index is 13.0. The molecule has 1 atom stereocenters. The highest BCUT2D eigenvalue weighted by Gasteiger charge is 2.27. The number of nitrogens with zero attached hydrogens (tertiary/aromatic N) is 3. The molecule has 1 aromatic carbocycles. The van der Waals surface area contributed by atoms with Gasteiger partial charge in [-0.2, -0.15) is 0 Å². The molecule has 1 amide bonds. The number of anilines is 1. The van der Waals surface area contributed by atoms with Crippen LogP contribution in [-0.2, 0) is 6.54 Å². The molecule has 1 aliphatic heterocycles. The van der Waals surface area contributed by atoms with Crippen molar-refractivity contribution in [3.8, 4) is 0 Å². The number of carbonyl (C=O) groups excluding carboxylic acids is 1. The van der Waals surface area contributed by atoms with Crippen LogP contribution in [0.2, 0.25) is 0 Å². The number of rotatable bonds is 5. The van der Waals surface area contributed by atoms with Crippen LogP contribution in [0.5, 0.6) is 0 Å². The van der Waals surface area contributed by atoms with Crippen LogP contribution in [0, 0.1) is 6.92 Å². The standard InChI is InChI=1S/C20H26N4O/c1-3-17-11-7-8-12-24(17)19(25)18-13-15(2)22-20(23-18)21-14-16-9-5-4-6-10-16/h4-6,9-10,13,17H,3,7-8,11-12,14H2,1-2H3,(H,21,22,23). The molecule has 132 valence electrons. The molecule has 1 saturated heterocycles. The van der Waals surface area contributed by atoms with E-state index in [1.807, 2.05) is 30.0 Å². The number of amides is 1. The van der Waals surface area contributed by atoms with Crippen molar-refractivity contribution in [1.82, 2.24) is 14.9 Å². The zero-order valence-corrected chi connectivity index (χ0v) is 15.0. The first-order valence-electron chi connectivity index (χ1n) is 9.12. The number of benzene rings is 1. The molecule has 1 aromatic heterocycles. The van der Waals surface area contributed by atoms with E-state index in [9.17, 15) is 4.79 Å². The average Bonchev–Trinajstić information content (AvgIpc) is 2.66. The Balaban J connectivity index is 1.75. The smallest absolute Gasteiger partial charge is 0.272 e. The molecular weight excluding hydrogens is 312 g/mol. The zero-order chi connectivity index (χ0) is 17.6. The lowest BCUT2D eigenvalue weighted by atomic mass is 9.99. The third-order valence-electron chi connectivity index (χ3n) is 4.73. The predicted octanol–water partition coefficient (Wildman–Crippen LogP) is 3.80. The van der Waals surface area contributed by atoms with Gasteiger partial charge in [-0.25, -0.2) is 9.97 Å². The Morgan fingerprint density at radius 1 is 1.24 bits per heavy atom. The van der Waals surface area contributed by atoms with Crippen molar-refractivity contribution in [2.24, 2.45) is 0 Å². The van der Waals surface area contributed by atoms with Gasteiger partial charge in [0.15, 0.2) is 0 Å². The first kappa shape index (κ1) is 17.4. The minimum absolute atomic E-state index is 0.0276. The van der Waals surface area contributed by atoms with E-state index in [-0.39, 0.29) is 5.91 Å². The monoisotopic (exact) mass is 338 g/mol. The van der Waals surface area contributed by atoms with Crippen LogP contribution in [0.4, 0.5) is 5.95 Å². The Hall–Kier alpha value is -2.43. The second-order valence-electron chi connectivity index (χ2n) is 6.61. The zero-order valence-electron chi connectivity index (χ0n) is 15.0. The van der Waals surface area contributed by atoms with Gasteiger partial charge in [0, 0.05) is 24.8 Å². The van der Waals surface area contributed by atoms with Gasteiger partial charge in [0.05, 0.1) is 0 Å². The van der Waals surface area contributed by atoms with Crippen LogP contribution in [0.15, 0.2) is 36.4 Å². The molecule has 5 heteroatoms. The summed E-state index contributed by atoms with van der Waals surface area (Å²) in [6.45, 7) is 5.51. The number of hydrogen-bond acceptors (Lipinski definition) is 4. The first-order valence-corrected chi connectivity index (χ1v) is 9.12. The van der Waals surface area contributed by atoms with Crippen molar-refractivity contribution in [3.63, 3.8) is 0 Å². The van der Waals surface area contributed by atoms with Crippen LogP contribution in [0.1, 0.15) is 54.4 Å². The summed E-state index contributed by atoms with van der Waals surface area (Å²) >= 11 is 0. The molecule has 1 fully saturated rings. The van der Waals surface area contributed by atoms with Crippen molar-refractivity contribution >= 4 is 11.9 Å². The van der Waals surface area contributed by atoms with Gasteiger partial charge in [-0.05, 0) is 44.2 Å². The molecule has 3 rings (SSSR count). The number of hydrogen-bond donors (Lipinski definition) is 1. The highest BCUT2D eigenvalue weighted by molar-refractivity contribution is 5.93. The SMILES string of the molecule is CCC1CCCCN1C(=O)c1cc(C)nc(NCc2ccccc2)n1. The van der Waals surface area contributed by atoms with Crippen LogP contribution in [0.25, 0.3) is 0 Å². The van der Waals surface area contributed by atoms with Gasteiger partial charge in [-0.1, -0.05) is 37.3 Å². The maximum Gasteiger partial charge on any atom is 0.272 e. The summed E-state index contributed by atoms with van der Waals surface area (Å²) < 4.78 is 0. The average molecular weight is 338 g/mol. The fourth-order valence-electron chi connectivity index (χ4n) is 3.37.